The van der Waals surface area contributed by atoms with E-state index in [0.29, 0.717) is 23.0 Å². The number of hydrogen-bond acceptors (Lipinski definition) is 4. The van der Waals surface area contributed by atoms with Crippen LogP contribution in [0.25, 0.3) is 0 Å². The molecule has 2 aromatic rings. The Balaban J connectivity index is 2.26. The molecule has 0 aliphatic carbocycles. The Hall–Kier alpha value is -2.30. The molecule has 0 spiro atoms. The van der Waals surface area contributed by atoms with Crippen LogP contribution >= 0.6 is 0 Å². The van der Waals surface area contributed by atoms with Crippen LogP contribution in [0.4, 0.5) is 11.4 Å². The Morgan fingerprint density at radius 3 is 2.67 bits per heavy atom. The number of nitrogen functional groups attached to an aromatic ring is 1. The third kappa shape index (κ3) is 2.34. The second-order valence-corrected chi connectivity index (χ2v) is 4.19. The first-order valence-corrected chi connectivity index (χ1v) is 5.59. The Kier molecular flexibility index (Phi) is 3.06. The van der Waals surface area contributed by atoms with E-state index in [4.69, 9.17) is 10.2 Å². The summed E-state index contributed by atoms with van der Waals surface area (Å²) in [4.78, 5) is 16.1. The van der Waals surface area contributed by atoms with Gasteiger partial charge in [-0.2, -0.15) is 0 Å². The largest absolute Gasteiger partial charge is 0.436 e. The molecular weight excluding hydrogens is 230 g/mol. The van der Waals surface area contributed by atoms with Crippen LogP contribution in [0.1, 0.15) is 27.7 Å². The number of anilines is 2. The van der Waals surface area contributed by atoms with Crippen LogP contribution in [-0.4, -0.2) is 10.9 Å². The van der Waals surface area contributed by atoms with Gasteiger partial charge in [-0.3, -0.25) is 4.79 Å². The second-order valence-electron chi connectivity index (χ2n) is 4.19. The number of benzene rings is 1. The number of nitrogens with zero attached hydrogens (tertiary/aromatic N) is 1. The van der Waals surface area contributed by atoms with E-state index in [-0.39, 0.29) is 11.7 Å². The van der Waals surface area contributed by atoms with E-state index in [9.17, 15) is 4.79 Å². The Morgan fingerprint density at radius 1 is 1.33 bits per heavy atom. The van der Waals surface area contributed by atoms with Gasteiger partial charge in [0.2, 0.25) is 5.76 Å². The summed E-state index contributed by atoms with van der Waals surface area (Å²) in [5, 5.41) is 2.72. The van der Waals surface area contributed by atoms with E-state index in [0.717, 1.165) is 5.56 Å². The number of amides is 1. The fourth-order valence-electron chi connectivity index (χ4n) is 1.70. The van der Waals surface area contributed by atoms with Crippen molar-refractivity contribution in [3.8, 4) is 0 Å². The molecule has 0 radical (unpaired) electrons. The van der Waals surface area contributed by atoms with Gasteiger partial charge in [0.1, 0.15) is 0 Å². The lowest BCUT2D eigenvalue weighted by atomic mass is 10.2. The first-order valence-electron chi connectivity index (χ1n) is 5.59. The minimum absolute atomic E-state index is 0.216. The van der Waals surface area contributed by atoms with E-state index >= 15 is 0 Å². The minimum atomic E-state index is -0.342. The Labute approximate surface area is 105 Å². The fourth-order valence-corrected chi connectivity index (χ4v) is 1.70. The van der Waals surface area contributed by atoms with Crippen molar-refractivity contribution in [3.05, 3.63) is 41.1 Å². The zero-order chi connectivity index (χ0) is 13.3. The van der Waals surface area contributed by atoms with Crippen LogP contribution in [-0.2, 0) is 0 Å². The van der Waals surface area contributed by atoms with E-state index in [1.54, 1.807) is 19.9 Å². The van der Waals surface area contributed by atoms with Gasteiger partial charge < -0.3 is 15.5 Å². The molecule has 1 amide bonds. The van der Waals surface area contributed by atoms with Crippen LogP contribution in [0.2, 0.25) is 0 Å². The van der Waals surface area contributed by atoms with Gasteiger partial charge >= 0.3 is 0 Å². The summed E-state index contributed by atoms with van der Waals surface area (Å²) in [6, 6.07) is 5.45. The highest BCUT2D eigenvalue weighted by molar-refractivity contribution is 6.04. The lowest BCUT2D eigenvalue weighted by molar-refractivity contribution is 0.0994. The zero-order valence-electron chi connectivity index (χ0n) is 10.6. The molecule has 0 saturated heterocycles. The first-order chi connectivity index (χ1) is 8.47. The van der Waals surface area contributed by atoms with Crippen molar-refractivity contribution < 1.29 is 9.21 Å². The zero-order valence-corrected chi connectivity index (χ0v) is 10.6. The van der Waals surface area contributed by atoms with Crippen LogP contribution in [0.5, 0.6) is 0 Å². The summed E-state index contributed by atoms with van der Waals surface area (Å²) in [7, 11) is 0. The smallest absolute Gasteiger partial charge is 0.293 e. The summed E-state index contributed by atoms with van der Waals surface area (Å²) >= 11 is 0. The Bertz CT molecular complexity index is 602. The third-order valence-corrected chi connectivity index (χ3v) is 2.57. The van der Waals surface area contributed by atoms with Crippen molar-refractivity contribution >= 4 is 17.3 Å². The number of carbonyl (C=O) groups is 1. The van der Waals surface area contributed by atoms with E-state index in [1.807, 2.05) is 19.1 Å². The molecule has 0 aliphatic heterocycles. The van der Waals surface area contributed by atoms with Crippen LogP contribution in [0, 0.1) is 20.8 Å². The van der Waals surface area contributed by atoms with Crippen molar-refractivity contribution in [2.45, 2.75) is 20.8 Å². The van der Waals surface area contributed by atoms with Gasteiger partial charge in [0.15, 0.2) is 5.89 Å². The predicted octanol–water partition coefficient (Wildman–Crippen LogP) is 2.43. The molecule has 0 aliphatic rings. The normalized spacial score (nSPS) is 10.4. The van der Waals surface area contributed by atoms with Crippen LogP contribution < -0.4 is 11.1 Å². The maximum Gasteiger partial charge on any atom is 0.293 e. The number of oxazole rings is 1. The first kappa shape index (κ1) is 12.2. The van der Waals surface area contributed by atoms with E-state index in [1.165, 1.54) is 0 Å². The van der Waals surface area contributed by atoms with Crippen molar-refractivity contribution in [3.63, 3.8) is 0 Å². The van der Waals surface area contributed by atoms with E-state index < -0.39 is 0 Å². The highest BCUT2D eigenvalue weighted by atomic mass is 16.4. The molecule has 0 saturated carbocycles. The van der Waals surface area contributed by atoms with Gasteiger partial charge in [-0.25, -0.2) is 4.98 Å². The molecular formula is C13H15N3O2. The fraction of sp³-hybridized carbons (Fsp3) is 0.231. The highest BCUT2D eigenvalue weighted by Crippen LogP contribution is 2.21. The SMILES string of the molecule is Cc1ccc(N)c(NC(=O)c2oc(C)nc2C)c1. The van der Waals surface area contributed by atoms with Gasteiger partial charge in [-0.15, -0.1) is 0 Å². The number of aryl methyl sites for hydroxylation is 3. The molecule has 5 heteroatoms. The minimum Gasteiger partial charge on any atom is -0.436 e. The van der Waals surface area contributed by atoms with Crippen molar-refractivity contribution in [2.24, 2.45) is 0 Å². The van der Waals surface area contributed by atoms with Crippen molar-refractivity contribution in [2.75, 3.05) is 11.1 Å². The molecule has 0 bridgehead atoms. The summed E-state index contributed by atoms with van der Waals surface area (Å²) in [6.07, 6.45) is 0. The lowest BCUT2D eigenvalue weighted by Crippen LogP contribution is -2.13. The molecule has 2 rings (SSSR count). The molecule has 0 atom stereocenters. The van der Waals surface area contributed by atoms with Gasteiger partial charge in [0, 0.05) is 6.92 Å². The maximum atomic E-state index is 12.0. The number of rotatable bonds is 2. The third-order valence-electron chi connectivity index (χ3n) is 2.57. The molecule has 0 fully saturated rings. The van der Waals surface area contributed by atoms with Gasteiger partial charge in [-0.05, 0) is 31.5 Å². The van der Waals surface area contributed by atoms with Gasteiger partial charge in [-0.1, -0.05) is 6.07 Å². The maximum absolute atomic E-state index is 12.0. The van der Waals surface area contributed by atoms with E-state index in [2.05, 4.69) is 10.3 Å². The summed E-state index contributed by atoms with van der Waals surface area (Å²) < 4.78 is 5.25. The quantitative estimate of drug-likeness (QED) is 0.796. The monoisotopic (exact) mass is 245 g/mol. The topological polar surface area (TPSA) is 81.1 Å². The molecule has 3 N–H and O–H groups in total. The van der Waals surface area contributed by atoms with Crippen LogP contribution in [0.15, 0.2) is 22.6 Å². The molecule has 0 unspecified atom stereocenters. The van der Waals surface area contributed by atoms with Gasteiger partial charge in [0.25, 0.3) is 5.91 Å². The van der Waals surface area contributed by atoms with Crippen molar-refractivity contribution in [1.29, 1.82) is 0 Å². The second kappa shape index (κ2) is 4.52. The number of nitrogens with two attached hydrogens (primary N) is 1. The highest BCUT2D eigenvalue weighted by Gasteiger charge is 2.16. The molecule has 1 aromatic carbocycles. The lowest BCUT2D eigenvalue weighted by Gasteiger charge is -2.07. The number of hydrogen-bond donors (Lipinski definition) is 2. The average Bonchev–Trinajstić information content (AvgIpc) is 2.63. The number of carbonyl (C=O) groups excluding carboxylic acids is 1. The molecule has 5 nitrogen and oxygen atoms in total. The predicted molar refractivity (Wildman–Crippen MR) is 69.5 cm³/mol. The summed E-state index contributed by atoms with van der Waals surface area (Å²) in [5.41, 5.74) is 8.48. The van der Waals surface area contributed by atoms with Gasteiger partial charge in [0.05, 0.1) is 17.1 Å². The standard InChI is InChI=1S/C13H15N3O2/c1-7-4-5-10(14)11(6-7)16-13(17)12-8(2)15-9(3)18-12/h4-6H,14H2,1-3H3,(H,16,17). The average molecular weight is 245 g/mol. The molecule has 18 heavy (non-hydrogen) atoms. The summed E-state index contributed by atoms with van der Waals surface area (Å²) in [5.74, 6) is 0.341. The van der Waals surface area contributed by atoms with Crippen molar-refractivity contribution in [1.82, 2.24) is 4.98 Å². The number of nitrogens with one attached hydrogen (secondary N) is 1. The van der Waals surface area contributed by atoms with Crippen LogP contribution in [0.3, 0.4) is 0 Å². The molecule has 1 aromatic heterocycles. The molecule has 1 heterocycles. The summed E-state index contributed by atoms with van der Waals surface area (Å²) in [6.45, 7) is 5.36. The molecule has 94 valence electrons. The Morgan fingerprint density at radius 2 is 2.06 bits per heavy atom. The number of aromatic nitrogens is 1.